The zero-order chi connectivity index (χ0) is 13.7. The van der Waals surface area contributed by atoms with Gasteiger partial charge in [0.05, 0.1) is 0 Å². The largest absolute Gasteiger partial charge is 0.368 e. The third kappa shape index (κ3) is 2.97. The monoisotopic (exact) mass is 251 g/mol. The van der Waals surface area contributed by atoms with Crippen LogP contribution in [0.1, 0.15) is 32.7 Å². The molecule has 0 saturated carbocycles. The Kier molecular flexibility index (Phi) is 4.65. The maximum absolute atomic E-state index is 12.1. The fraction of sp³-hybridized carbons (Fsp3) is 0.417. The van der Waals surface area contributed by atoms with Crippen molar-refractivity contribution in [1.82, 2.24) is 4.57 Å². The first-order valence-corrected chi connectivity index (χ1v) is 5.81. The van der Waals surface area contributed by atoms with E-state index in [4.69, 9.17) is 5.73 Å². The van der Waals surface area contributed by atoms with Gasteiger partial charge in [-0.1, -0.05) is 13.8 Å². The zero-order valence-electron chi connectivity index (χ0n) is 10.5. The van der Waals surface area contributed by atoms with E-state index in [0.29, 0.717) is 6.42 Å². The van der Waals surface area contributed by atoms with E-state index in [1.54, 1.807) is 19.9 Å². The second-order valence-corrected chi connectivity index (χ2v) is 3.86. The fourth-order valence-corrected chi connectivity index (χ4v) is 1.62. The van der Waals surface area contributed by atoms with Gasteiger partial charge in [-0.15, -0.1) is 0 Å². The third-order valence-electron chi connectivity index (χ3n) is 2.62. The highest BCUT2D eigenvalue weighted by molar-refractivity contribution is 5.90. The molecule has 1 unspecified atom stereocenters. The predicted molar refractivity (Wildman–Crippen MR) is 68.1 cm³/mol. The lowest BCUT2D eigenvalue weighted by Crippen LogP contribution is -2.34. The van der Waals surface area contributed by atoms with E-state index in [9.17, 15) is 14.4 Å². The number of amides is 2. The molecule has 6 heteroatoms. The summed E-state index contributed by atoms with van der Waals surface area (Å²) in [7, 11) is 0. The molecule has 1 heterocycles. The molecule has 1 rings (SSSR count). The Morgan fingerprint density at radius 2 is 2.11 bits per heavy atom. The number of aromatic nitrogens is 1. The van der Waals surface area contributed by atoms with Gasteiger partial charge in [0.25, 0.3) is 5.56 Å². The number of pyridine rings is 1. The summed E-state index contributed by atoms with van der Waals surface area (Å²) in [6.07, 6.45) is 2.19. The summed E-state index contributed by atoms with van der Waals surface area (Å²) in [4.78, 5) is 34.6. The Bertz CT molecular complexity index is 508. The molecule has 1 aromatic rings. The summed E-state index contributed by atoms with van der Waals surface area (Å²) in [5.41, 5.74) is 4.97. The van der Waals surface area contributed by atoms with Crippen molar-refractivity contribution in [3.8, 4) is 0 Å². The van der Waals surface area contributed by atoms with Crippen LogP contribution in [-0.4, -0.2) is 16.4 Å². The molecule has 6 nitrogen and oxygen atoms in total. The molecule has 1 aromatic heterocycles. The molecule has 2 amide bonds. The fourth-order valence-electron chi connectivity index (χ4n) is 1.62. The van der Waals surface area contributed by atoms with Crippen LogP contribution in [0.3, 0.4) is 0 Å². The first-order chi connectivity index (χ1) is 8.51. The minimum Gasteiger partial charge on any atom is -0.368 e. The molecule has 98 valence electrons. The van der Waals surface area contributed by atoms with Gasteiger partial charge in [-0.05, 0) is 18.6 Å². The van der Waals surface area contributed by atoms with E-state index in [2.05, 4.69) is 5.32 Å². The molecule has 0 spiro atoms. The van der Waals surface area contributed by atoms with E-state index < -0.39 is 17.5 Å². The summed E-state index contributed by atoms with van der Waals surface area (Å²) < 4.78 is 1.24. The Morgan fingerprint density at radius 1 is 1.44 bits per heavy atom. The van der Waals surface area contributed by atoms with Crippen LogP contribution in [0.5, 0.6) is 0 Å². The SMILES string of the molecule is CCC(=O)Nc1cccn(C(CC)C(N)=O)c1=O. The standard InChI is InChI=1S/C12H17N3O3/c1-3-9(11(13)17)15-7-5-6-8(12(15)18)14-10(16)4-2/h5-7,9H,3-4H2,1-2H3,(H2,13,17)(H,14,16). The van der Waals surface area contributed by atoms with Crippen molar-refractivity contribution in [3.05, 3.63) is 28.7 Å². The Morgan fingerprint density at radius 3 is 2.61 bits per heavy atom. The number of hydrogen-bond acceptors (Lipinski definition) is 3. The highest BCUT2D eigenvalue weighted by Gasteiger charge is 2.17. The van der Waals surface area contributed by atoms with Crippen LogP contribution >= 0.6 is 0 Å². The van der Waals surface area contributed by atoms with Gasteiger partial charge in [-0.3, -0.25) is 14.4 Å². The lowest BCUT2D eigenvalue weighted by molar-refractivity contribution is -0.121. The maximum Gasteiger partial charge on any atom is 0.275 e. The topological polar surface area (TPSA) is 94.2 Å². The molecular formula is C12H17N3O3. The molecule has 0 fully saturated rings. The lowest BCUT2D eigenvalue weighted by atomic mass is 10.2. The van der Waals surface area contributed by atoms with Crippen molar-refractivity contribution >= 4 is 17.5 Å². The average Bonchev–Trinajstić information content (AvgIpc) is 2.34. The van der Waals surface area contributed by atoms with E-state index in [1.165, 1.54) is 16.8 Å². The van der Waals surface area contributed by atoms with Crippen molar-refractivity contribution in [2.45, 2.75) is 32.7 Å². The van der Waals surface area contributed by atoms with E-state index in [-0.39, 0.29) is 18.0 Å². The first-order valence-electron chi connectivity index (χ1n) is 5.81. The molecule has 0 radical (unpaired) electrons. The highest BCUT2D eigenvalue weighted by atomic mass is 16.2. The van der Waals surface area contributed by atoms with Gasteiger partial charge in [-0.2, -0.15) is 0 Å². The highest BCUT2D eigenvalue weighted by Crippen LogP contribution is 2.09. The number of primary amides is 1. The Labute approximate surface area is 105 Å². The molecule has 1 atom stereocenters. The Balaban J connectivity index is 3.16. The summed E-state index contributed by atoms with van der Waals surface area (Å²) in [5, 5.41) is 2.49. The second-order valence-electron chi connectivity index (χ2n) is 3.86. The number of carbonyl (C=O) groups is 2. The normalized spacial score (nSPS) is 11.9. The number of nitrogens with zero attached hydrogens (tertiary/aromatic N) is 1. The summed E-state index contributed by atoms with van der Waals surface area (Å²) in [6.45, 7) is 3.45. The van der Waals surface area contributed by atoms with E-state index >= 15 is 0 Å². The van der Waals surface area contributed by atoms with Crippen molar-refractivity contribution in [3.63, 3.8) is 0 Å². The van der Waals surface area contributed by atoms with Gasteiger partial charge in [0.2, 0.25) is 11.8 Å². The molecule has 0 saturated heterocycles. The number of anilines is 1. The van der Waals surface area contributed by atoms with Crippen LogP contribution in [0.2, 0.25) is 0 Å². The Hall–Kier alpha value is -2.11. The number of rotatable bonds is 5. The predicted octanol–water partition coefficient (Wildman–Crippen LogP) is 0.633. The van der Waals surface area contributed by atoms with Gasteiger partial charge < -0.3 is 15.6 Å². The molecule has 18 heavy (non-hydrogen) atoms. The van der Waals surface area contributed by atoms with Crippen LogP contribution in [0, 0.1) is 0 Å². The first kappa shape index (κ1) is 14.0. The van der Waals surface area contributed by atoms with Crippen LogP contribution in [0.4, 0.5) is 5.69 Å². The maximum atomic E-state index is 12.1. The summed E-state index contributed by atoms with van der Waals surface area (Å²) in [5.74, 6) is -0.824. The molecular weight excluding hydrogens is 234 g/mol. The molecule has 3 N–H and O–H groups in total. The lowest BCUT2D eigenvalue weighted by Gasteiger charge is -2.15. The van der Waals surface area contributed by atoms with Gasteiger partial charge in [0.1, 0.15) is 11.7 Å². The van der Waals surface area contributed by atoms with Crippen LogP contribution in [-0.2, 0) is 9.59 Å². The molecule has 0 aliphatic carbocycles. The summed E-state index contributed by atoms with van der Waals surface area (Å²) in [6, 6.07) is 2.40. The molecule has 0 bridgehead atoms. The number of carbonyl (C=O) groups excluding carboxylic acids is 2. The van der Waals surface area contributed by atoms with Crippen molar-refractivity contribution in [1.29, 1.82) is 0 Å². The number of nitrogens with one attached hydrogen (secondary N) is 1. The second kappa shape index (κ2) is 6.00. The quantitative estimate of drug-likeness (QED) is 0.803. The number of hydrogen-bond donors (Lipinski definition) is 2. The van der Waals surface area contributed by atoms with Crippen LogP contribution in [0.15, 0.2) is 23.1 Å². The van der Waals surface area contributed by atoms with E-state index in [0.717, 1.165) is 0 Å². The molecule has 0 aliphatic rings. The van der Waals surface area contributed by atoms with Gasteiger partial charge >= 0.3 is 0 Å². The van der Waals surface area contributed by atoms with Crippen molar-refractivity contribution in [2.24, 2.45) is 5.73 Å². The van der Waals surface area contributed by atoms with Gasteiger partial charge in [0, 0.05) is 12.6 Å². The zero-order valence-corrected chi connectivity index (χ0v) is 10.5. The number of nitrogens with two attached hydrogens (primary N) is 1. The minimum absolute atomic E-state index is 0.157. The van der Waals surface area contributed by atoms with E-state index in [1.807, 2.05) is 0 Å². The van der Waals surface area contributed by atoms with Crippen molar-refractivity contribution < 1.29 is 9.59 Å². The summed E-state index contributed by atoms with van der Waals surface area (Å²) >= 11 is 0. The average molecular weight is 251 g/mol. The third-order valence-corrected chi connectivity index (χ3v) is 2.62. The molecule has 0 aliphatic heterocycles. The molecule has 0 aromatic carbocycles. The van der Waals surface area contributed by atoms with Crippen LogP contribution < -0.4 is 16.6 Å². The van der Waals surface area contributed by atoms with Crippen LogP contribution in [0.25, 0.3) is 0 Å². The smallest absolute Gasteiger partial charge is 0.275 e. The van der Waals surface area contributed by atoms with Crippen molar-refractivity contribution in [2.75, 3.05) is 5.32 Å². The van der Waals surface area contributed by atoms with Gasteiger partial charge in [0.15, 0.2) is 0 Å². The van der Waals surface area contributed by atoms with Gasteiger partial charge in [-0.25, -0.2) is 0 Å². The minimum atomic E-state index is -0.698.